The van der Waals surface area contributed by atoms with E-state index in [9.17, 15) is 4.79 Å². The van der Waals surface area contributed by atoms with E-state index in [2.05, 4.69) is 16.1 Å². The molecular formula is C26H23ClN4O4. The Morgan fingerprint density at radius 3 is 2.57 bits per heavy atom. The number of halogens is 1. The second-order valence-corrected chi connectivity index (χ2v) is 8.92. The number of fused-ring (bicyclic) bond motifs is 1. The molecule has 0 radical (unpaired) electrons. The van der Waals surface area contributed by atoms with Crippen molar-refractivity contribution in [3.05, 3.63) is 83.2 Å². The first-order valence-electron chi connectivity index (χ1n) is 11.4. The zero-order valence-corrected chi connectivity index (χ0v) is 19.6. The number of carbonyl (C=O) groups is 1. The standard InChI is InChI=1S/C26H23ClN4O4/c27-19-4-1-2-5-21(19)31-22(15-20(28-31)23-6-3-13-33-23)26(32)30-11-9-29(10-12-30)16-18-7-8-24-25(14-18)35-17-34-24/h1-8,13-15H,9-12,16-17H2. The van der Waals surface area contributed by atoms with Crippen LogP contribution in [0.15, 0.2) is 71.3 Å². The van der Waals surface area contributed by atoms with E-state index in [0.717, 1.165) is 36.7 Å². The molecule has 2 aromatic heterocycles. The zero-order valence-electron chi connectivity index (χ0n) is 18.9. The fraction of sp³-hybridized carbons (Fsp3) is 0.231. The van der Waals surface area contributed by atoms with Gasteiger partial charge >= 0.3 is 0 Å². The van der Waals surface area contributed by atoms with E-state index in [0.29, 0.717) is 40.9 Å². The molecule has 0 saturated carbocycles. The van der Waals surface area contributed by atoms with Crippen molar-refractivity contribution in [1.29, 1.82) is 0 Å². The number of benzene rings is 2. The molecule has 2 aliphatic heterocycles. The minimum absolute atomic E-state index is 0.0852. The SMILES string of the molecule is O=C(c1cc(-c2ccco2)nn1-c1ccccc1Cl)N1CCN(Cc2ccc3c(c2)OCO3)CC1. The quantitative estimate of drug-likeness (QED) is 0.411. The lowest BCUT2D eigenvalue weighted by Crippen LogP contribution is -2.48. The van der Waals surface area contributed by atoms with Gasteiger partial charge in [-0.25, -0.2) is 4.68 Å². The highest BCUT2D eigenvalue weighted by Crippen LogP contribution is 2.33. The summed E-state index contributed by atoms with van der Waals surface area (Å²) in [4.78, 5) is 17.8. The predicted octanol–water partition coefficient (Wildman–Crippen LogP) is 4.47. The van der Waals surface area contributed by atoms with Gasteiger partial charge in [-0.3, -0.25) is 9.69 Å². The van der Waals surface area contributed by atoms with Gasteiger partial charge in [0.05, 0.1) is 17.0 Å². The maximum absolute atomic E-state index is 13.6. The summed E-state index contributed by atoms with van der Waals surface area (Å²) < 4.78 is 18.0. The number of nitrogens with zero attached hydrogens (tertiary/aromatic N) is 4. The molecule has 1 amide bonds. The summed E-state index contributed by atoms with van der Waals surface area (Å²) in [7, 11) is 0. The lowest BCUT2D eigenvalue weighted by atomic mass is 10.1. The normalized spacial score (nSPS) is 15.5. The summed E-state index contributed by atoms with van der Waals surface area (Å²) in [5, 5.41) is 5.18. The van der Waals surface area contributed by atoms with Gasteiger partial charge in [-0.1, -0.05) is 29.8 Å². The average Bonchev–Trinajstić information content (AvgIpc) is 3.65. The summed E-state index contributed by atoms with van der Waals surface area (Å²) in [6, 6.07) is 18.8. The van der Waals surface area contributed by atoms with Crippen molar-refractivity contribution in [2.24, 2.45) is 0 Å². The number of para-hydroxylation sites is 1. The third kappa shape index (κ3) is 4.26. The van der Waals surface area contributed by atoms with Crippen molar-refractivity contribution in [1.82, 2.24) is 19.6 Å². The van der Waals surface area contributed by atoms with E-state index < -0.39 is 0 Å². The minimum atomic E-state index is -0.0852. The monoisotopic (exact) mass is 490 g/mol. The highest BCUT2D eigenvalue weighted by atomic mass is 35.5. The van der Waals surface area contributed by atoms with E-state index in [1.165, 1.54) is 0 Å². The minimum Gasteiger partial charge on any atom is -0.463 e. The molecule has 1 saturated heterocycles. The number of amides is 1. The van der Waals surface area contributed by atoms with E-state index in [1.807, 2.05) is 41.3 Å². The number of hydrogen-bond donors (Lipinski definition) is 0. The van der Waals surface area contributed by atoms with Crippen LogP contribution in [0.3, 0.4) is 0 Å². The topological polar surface area (TPSA) is 73.0 Å². The molecule has 6 rings (SSSR count). The molecule has 0 bridgehead atoms. The summed E-state index contributed by atoms with van der Waals surface area (Å²) in [6.45, 7) is 3.84. The van der Waals surface area contributed by atoms with Gasteiger partial charge in [0.2, 0.25) is 6.79 Å². The molecule has 8 nitrogen and oxygen atoms in total. The van der Waals surface area contributed by atoms with Crippen LogP contribution >= 0.6 is 11.6 Å². The number of furan rings is 1. The van der Waals surface area contributed by atoms with Crippen molar-refractivity contribution < 1.29 is 18.7 Å². The Morgan fingerprint density at radius 1 is 0.943 bits per heavy atom. The molecule has 35 heavy (non-hydrogen) atoms. The zero-order chi connectivity index (χ0) is 23.8. The largest absolute Gasteiger partial charge is 0.463 e. The molecule has 178 valence electrons. The van der Waals surface area contributed by atoms with Crippen LogP contribution in [-0.2, 0) is 6.54 Å². The van der Waals surface area contributed by atoms with Crippen molar-refractivity contribution in [2.45, 2.75) is 6.54 Å². The highest BCUT2D eigenvalue weighted by Gasteiger charge is 2.27. The molecule has 0 atom stereocenters. The Morgan fingerprint density at radius 2 is 1.77 bits per heavy atom. The van der Waals surface area contributed by atoms with E-state index >= 15 is 0 Å². The number of ether oxygens (including phenoxy) is 2. The van der Waals surface area contributed by atoms with Crippen LogP contribution in [0.25, 0.3) is 17.1 Å². The Bertz CT molecular complexity index is 1360. The molecule has 0 unspecified atom stereocenters. The van der Waals surface area contributed by atoms with Crippen LogP contribution in [0, 0.1) is 0 Å². The summed E-state index contributed by atoms with van der Waals surface area (Å²) in [5.41, 5.74) is 2.85. The Balaban J connectivity index is 1.20. The van der Waals surface area contributed by atoms with E-state index in [-0.39, 0.29) is 12.7 Å². The third-order valence-electron chi connectivity index (χ3n) is 6.29. The molecule has 1 fully saturated rings. The fourth-order valence-electron chi connectivity index (χ4n) is 4.45. The molecule has 4 aromatic rings. The van der Waals surface area contributed by atoms with Crippen LogP contribution in [0.5, 0.6) is 11.5 Å². The number of carbonyl (C=O) groups excluding carboxylic acids is 1. The molecule has 0 spiro atoms. The van der Waals surface area contributed by atoms with Crippen molar-refractivity contribution >= 4 is 17.5 Å². The van der Waals surface area contributed by atoms with Crippen LogP contribution in [-0.4, -0.2) is 58.5 Å². The maximum atomic E-state index is 13.6. The molecule has 4 heterocycles. The van der Waals surface area contributed by atoms with Crippen LogP contribution in [0.1, 0.15) is 16.1 Å². The number of rotatable bonds is 5. The van der Waals surface area contributed by atoms with Crippen LogP contribution in [0.4, 0.5) is 0 Å². The average molecular weight is 491 g/mol. The molecule has 9 heteroatoms. The summed E-state index contributed by atoms with van der Waals surface area (Å²) >= 11 is 6.45. The first-order valence-corrected chi connectivity index (χ1v) is 11.8. The second-order valence-electron chi connectivity index (χ2n) is 8.51. The summed E-state index contributed by atoms with van der Waals surface area (Å²) in [6.07, 6.45) is 1.59. The number of hydrogen-bond acceptors (Lipinski definition) is 6. The third-order valence-corrected chi connectivity index (χ3v) is 6.61. The van der Waals surface area contributed by atoms with Gasteiger partial charge in [-0.2, -0.15) is 5.10 Å². The molecule has 0 aliphatic carbocycles. The van der Waals surface area contributed by atoms with Gasteiger partial charge in [0.25, 0.3) is 5.91 Å². The Labute approximate surface area is 207 Å². The van der Waals surface area contributed by atoms with Gasteiger partial charge in [0, 0.05) is 38.8 Å². The molecule has 0 N–H and O–H groups in total. The Hall–Kier alpha value is -3.75. The van der Waals surface area contributed by atoms with E-state index in [1.54, 1.807) is 29.1 Å². The Kier molecular flexibility index (Phi) is 5.67. The smallest absolute Gasteiger partial charge is 0.272 e. The van der Waals surface area contributed by atoms with Crippen LogP contribution in [0.2, 0.25) is 5.02 Å². The van der Waals surface area contributed by atoms with Crippen LogP contribution < -0.4 is 9.47 Å². The number of piperazine rings is 1. The van der Waals surface area contributed by atoms with Crippen molar-refractivity contribution in [3.63, 3.8) is 0 Å². The first kappa shape index (κ1) is 21.8. The predicted molar refractivity (Wildman–Crippen MR) is 130 cm³/mol. The maximum Gasteiger partial charge on any atom is 0.272 e. The lowest BCUT2D eigenvalue weighted by Gasteiger charge is -2.34. The van der Waals surface area contributed by atoms with Gasteiger partial charge in [-0.05, 0) is 42.0 Å². The van der Waals surface area contributed by atoms with Crippen molar-refractivity contribution in [2.75, 3.05) is 33.0 Å². The molecule has 2 aliphatic rings. The van der Waals surface area contributed by atoms with Gasteiger partial charge in [0.15, 0.2) is 17.3 Å². The molecular weight excluding hydrogens is 468 g/mol. The van der Waals surface area contributed by atoms with Gasteiger partial charge in [-0.15, -0.1) is 0 Å². The first-order chi connectivity index (χ1) is 17.2. The van der Waals surface area contributed by atoms with E-state index in [4.69, 9.17) is 25.5 Å². The van der Waals surface area contributed by atoms with Crippen molar-refractivity contribution in [3.8, 4) is 28.6 Å². The number of aromatic nitrogens is 2. The lowest BCUT2D eigenvalue weighted by molar-refractivity contribution is 0.0619. The highest BCUT2D eigenvalue weighted by molar-refractivity contribution is 6.32. The van der Waals surface area contributed by atoms with Gasteiger partial charge < -0.3 is 18.8 Å². The second kappa shape index (κ2) is 9.13. The molecule has 2 aromatic carbocycles. The van der Waals surface area contributed by atoms with Gasteiger partial charge in [0.1, 0.15) is 11.4 Å². The summed E-state index contributed by atoms with van der Waals surface area (Å²) in [5.74, 6) is 2.08. The fourth-order valence-corrected chi connectivity index (χ4v) is 4.67.